The third-order valence-corrected chi connectivity index (χ3v) is 4.95. The average Bonchev–Trinajstić information content (AvgIpc) is 2.78. The topological polar surface area (TPSA) is 41.5 Å². The summed E-state index contributed by atoms with van der Waals surface area (Å²) in [6.07, 6.45) is 4.20. The zero-order valence-corrected chi connectivity index (χ0v) is 16.9. The third-order valence-electron chi connectivity index (χ3n) is 4.95. The van der Waals surface area contributed by atoms with E-state index in [9.17, 15) is 4.79 Å². The van der Waals surface area contributed by atoms with Gasteiger partial charge in [-0.2, -0.15) is 5.10 Å². The summed E-state index contributed by atoms with van der Waals surface area (Å²) in [5.41, 5.74) is 6.75. The molecule has 0 saturated carbocycles. The van der Waals surface area contributed by atoms with E-state index < -0.39 is 5.92 Å². The lowest BCUT2D eigenvalue weighted by Gasteiger charge is -2.17. The first-order valence-electron chi connectivity index (χ1n) is 10.3. The Morgan fingerprint density at radius 2 is 1.31 bits per heavy atom. The summed E-state index contributed by atoms with van der Waals surface area (Å²) in [7, 11) is 0. The van der Waals surface area contributed by atoms with Gasteiger partial charge in [-0.1, -0.05) is 111 Å². The zero-order chi connectivity index (χ0) is 20.3. The van der Waals surface area contributed by atoms with Gasteiger partial charge in [-0.3, -0.25) is 4.79 Å². The molecular weight excluding hydrogens is 356 g/mol. The van der Waals surface area contributed by atoms with E-state index in [1.54, 1.807) is 0 Å². The van der Waals surface area contributed by atoms with Crippen molar-refractivity contribution in [3.8, 4) is 0 Å². The minimum Gasteiger partial charge on any atom is -0.272 e. The molecule has 0 fully saturated rings. The van der Waals surface area contributed by atoms with E-state index in [-0.39, 0.29) is 5.91 Å². The van der Waals surface area contributed by atoms with Crippen molar-refractivity contribution in [2.24, 2.45) is 5.10 Å². The van der Waals surface area contributed by atoms with Crippen molar-refractivity contribution < 1.29 is 4.79 Å². The minimum atomic E-state index is -0.395. The summed E-state index contributed by atoms with van der Waals surface area (Å²) in [5, 5.41) is 4.55. The van der Waals surface area contributed by atoms with Crippen molar-refractivity contribution in [1.29, 1.82) is 0 Å². The number of unbranched alkanes of at least 4 members (excludes halogenated alkanes) is 2. The van der Waals surface area contributed by atoms with E-state index in [1.165, 1.54) is 0 Å². The van der Waals surface area contributed by atoms with Crippen molar-refractivity contribution in [3.05, 3.63) is 108 Å². The Balaban J connectivity index is 1.85. The molecule has 3 aromatic rings. The number of hydrogen-bond donors (Lipinski definition) is 1. The Morgan fingerprint density at radius 3 is 1.83 bits per heavy atom. The lowest BCUT2D eigenvalue weighted by atomic mass is 9.91. The van der Waals surface area contributed by atoms with Crippen LogP contribution in [0, 0.1) is 0 Å². The summed E-state index contributed by atoms with van der Waals surface area (Å²) in [6, 6.07) is 29.8. The SMILES string of the molecule is CCCCCC(=NNC(=O)C(c1ccccc1)c1ccccc1)c1ccccc1. The van der Waals surface area contributed by atoms with Gasteiger partial charge in [-0.05, 0) is 29.5 Å². The van der Waals surface area contributed by atoms with Crippen molar-refractivity contribution in [1.82, 2.24) is 5.43 Å². The molecule has 0 radical (unpaired) electrons. The van der Waals surface area contributed by atoms with Gasteiger partial charge >= 0.3 is 0 Å². The second-order valence-electron chi connectivity index (χ2n) is 7.11. The maximum absolute atomic E-state index is 13.2. The van der Waals surface area contributed by atoms with E-state index in [0.717, 1.165) is 48.1 Å². The molecule has 3 aromatic carbocycles. The number of rotatable bonds is 9. The quantitative estimate of drug-likeness (QED) is 0.278. The molecule has 1 N–H and O–H groups in total. The van der Waals surface area contributed by atoms with Gasteiger partial charge in [0.05, 0.1) is 11.6 Å². The van der Waals surface area contributed by atoms with Gasteiger partial charge in [0, 0.05) is 0 Å². The fourth-order valence-electron chi connectivity index (χ4n) is 3.41. The maximum Gasteiger partial charge on any atom is 0.252 e. The molecule has 3 heteroatoms. The second kappa shape index (κ2) is 11.0. The molecule has 0 aromatic heterocycles. The van der Waals surface area contributed by atoms with Gasteiger partial charge < -0.3 is 0 Å². The first-order valence-corrected chi connectivity index (χ1v) is 10.3. The molecule has 1 amide bonds. The summed E-state index contributed by atoms with van der Waals surface area (Å²) in [4.78, 5) is 13.2. The predicted octanol–water partition coefficient (Wildman–Crippen LogP) is 5.92. The van der Waals surface area contributed by atoms with Crippen LogP contribution >= 0.6 is 0 Å². The molecule has 0 bridgehead atoms. The molecule has 148 valence electrons. The van der Waals surface area contributed by atoms with Crippen LogP contribution in [0.5, 0.6) is 0 Å². The number of benzene rings is 3. The zero-order valence-electron chi connectivity index (χ0n) is 16.9. The van der Waals surface area contributed by atoms with Crippen LogP contribution in [0.2, 0.25) is 0 Å². The van der Waals surface area contributed by atoms with Crippen LogP contribution in [0.15, 0.2) is 96.1 Å². The number of nitrogens with zero attached hydrogens (tertiary/aromatic N) is 1. The second-order valence-corrected chi connectivity index (χ2v) is 7.11. The lowest BCUT2D eigenvalue weighted by Crippen LogP contribution is -2.27. The Kier molecular flexibility index (Phi) is 7.76. The molecule has 0 saturated heterocycles. The number of nitrogens with one attached hydrogen (secondary N) is 1. The van der Waals surface area contributed by atoms with Crippen LogP contribution in [0.4, 0.5) is 0 Å². The van der Waals surface area contributed by atoms with Crippen LogP contribution in [-0.2, 0) is 4.79 Å². The van der Waals surface area contributed by atoms with Crippen LogP contribution in [0.3, 0.4) is 0 Å². The normalized spacial score (nSPS) is 11.4. The summed E-state index contributed by atoms with van der Waals surface area (Å²) < 4.78 is 0. The molecule has 0 aliphatic carbocycles. The maximum atomic E-state index is 13.2. The number of amides is 1. The molecule has 0 aliphatic heterocycles. The highest BCUT2D eigenvalue weighted by Crippen LogP contribution is 2.24. The molecule has 3 nitrogen and oxygen atoms in total. The van der Waals surface area contributed by atoms with E-state index in [2.05, 4.69) is 17.5 Å². The number of carbonyl (C=O) groups excluding carboxylic acids is 1. The summed E-state index contributed by atoms with van der Waals surface area (Å²) in [6.45, 7) is 2.19. The Bertz CT molecular complexity index is 866. The van der Waals surface area contributed by atoms with E-state index in [1.807, 2.05) is 91.0 Å². The van der Waals surface area contributed by atoms with Gasteiger partial charge in [0.2, 0.25) is 0 Å². The van der Waals surface area contributed by atoms with Crippen LogP contribution in [-0.4, -0.2) is 11.6 Å². The standard InChI is InChI=1S/C26H28N2O/c1-2-3-7-20-24(21-14-8-4-9-15-21)27-28-26(29)25(22-16-10-5-11-17-22)23-18-12-6-13-19-23/h4-6,8-19,25H,2-3,7,20H2,1H3,(H,28,29). The molecule has 0 aliphatic rings. The molecular formula is C26H28N2O. The molecule has 3 rings (SSSR count). The molecule has 29 heavy (non-hydrogen) atoms. The van der Waals surface area contributed by atoms with Crippen LogP contribution in [0.1, 0.15) is 55.2 Å². The molecule has 0 atom stereocenters. The Morgan fingerprint density at radius 1 is 0.793 bits per heavy atom. The van der Waals surface area contributed by atoms with Crippen molar-refractivity contribution >= 4 is 11.6 Å². The highest BCUT2D eigenvalue weighted by Gasteiger charge is 2.22. The van der Waals surface area contributed by atoms with Gasteiger partial charge in [0.15, 0.2) is 0 Å². The van der Waals surface area contributed by atoms with E-state index in [0.29, 0.717) is 0 Å². The highest BCUT2D eigenvalue weighted by molar-refractivity contribution is 6.01. The first-order chi connectivity index (χ1) is 14.3. The van der Waals surface area contributed by atoms with Crippen LogP contribution in [0.25, 0.3) is 0 Å². The Hall–Kier alpha value is -3.20. The number of carbonyl (C=O) groups is 1. The number of hydrazone groups is 1. The molecule has 0 unspecified atom stereocenters. The smallest absolute Gasteiger partial charge is 0.252 e. The average molecular weight is 385 g/mol. The summed E-state index contributed by atoms with van der Waals surface area (Å²) in [5.74, 6) is -0.514. The van der Waals surface area contributed by atoms with Crippen molar-refractivity contribution in [2.75, 3.05) is 0 Å². The van der Waals surface area contributed by atoms with E-state index >= 15 is 0 Å². The van der Waals surface area contributed by atoms with Gasteiger partial charge in [0.1, 0.15) is 0 Å². The highest BCUT2D eigenvalue weighted by atomic mass is 16.2. The molecule has 0 spiro atoms. The predicted molar refractivity (Wildman–Crippen MR) is 120 cm³/mol. The van der Waals surface area contributed by atoms with Crippen molar-refractivity contribution in [2.45, 2.75) is 38.5 Å². The van der Waals surface area contributed by atoms with Gasteiger partial charge in [0.25, 0.3) is 5.91 Å². The largest absolute Gasteiger partial charge is 0.272 e. The van der Waals surface area contributed by atoms with Gasteiger partial charge in [-0.25, -0.2) is 5.43 Å². The van der Waals surface area contributed by atoms with Crippen LogP contribution < -0.4 is 5.43 Å². The number of hydrogen-bond acceptors (Lipinski definition) is 2. The fourth-order valence-corrected chi connectivity index (χ4v) is 3.41. The monoisotopic (exact) mass is 384 g/mol. The van der Waals surface area contributed by atoms with E-state index in [4.69, 9.17) is 0 Å². The fraction of sp³-hybridized carbons (Fsp3) is 0.231. The van der Waals surface area contributed by atoms with Gasteiger partial charge in [-0.15, -0.1) is 0 Å². The van der Waals surface area contributed by atoms with Crippen molar-refractivity contribution in [3.63, 3.8) is 0 Å². The molecule has 0 heterocycles. The lowest BCUT2D eigenvalue weighted by molar-refractivity contribution is -0.121. The first kappa shape index (κ1) is 20.5. The minimum absolute atomic E-state index is 0.119. The Labute approximate surface area is 173 Å². The summed E-state index contributed by atoms with van der Waals surface area (Å²) >= 11 is 0. The third kappa shape index (κ3) is 5.89.